The molecule has 1 amide bonds. The first-order chi connectivity index (χ1) is 8.75. The minimum Gasteiger partial charge on any atom is -0.326 e. The Hall–Kier alpha value is -1.72. The molecule has 1 aromatic carbocycles. The fourth-order valence-corrected chi connectivity index (χ4v) is 1.35. The van der Waals surface area contributed by atoms with Gasteiger partial charge in [-0.15, -0.1) is 0 Å². The summed E-state index contributed by atoms with van der Waals surface area (Å²) in [6.07, 6.45) is 0. The fraction of sp³-hybridized carbons (Fsp3) is 0.429. The summed E-state index contributed by atoms with van der Waals surface area (Å²) in [5.74, 6) is -0.298. The summed E-state index contributed by atoms with van der Waals surface area (Å²) in [5, 5.41) is 11.5. The molecular formula is C14H20N2O3. The van der Waals surface area contributed by atoms with Crippen molar-refractivity contribution in [1.82, 2.24) is 5.48 Å². The smallest absolute Gasteiger partial charge is 0.229 e. The Morgan fingerprint density at radius 2 is 1.68 bits per heavy atom. The van der Waals surface area contributed by atoms with Crippen molar-refractivity contribution in [3.8, 4) is 0 Å². The third-order valence-corrected chi connectivity index (χ3v) is 2.70. The van der Waals surface area contributed by atoms with Crippen LogP contribution in [0.2, 0.25) is 0 Å². The first-order valence-electron chi connectivity index (χ1n) is 6.11. The maximum atomic E-state index is 11.8. The number of Topliss-reactive ketones (excluding diaryl/α,β-unsaturated/α-hetero) is 1. The van der Waals surface area contributed by atoms with Crippen molar-refractivity contribution < 1.29 is 14.8 Å². The summed E-state index contributed by atoms with van der Waals surface area (Å²) < 4.78 is 0. The predicted molar refractivity (Wildman–Crippen MR) is 73.2 cm³/mol. The van der Waals surface area contributed by atoms with Gasteiger partial charge in [0, 0.05) is 16.7 Å². The minimum absolute atomic E-state index is 0.0861. The molecule has 0 saturated heterocycles. The molecule has 0 aromatic heterocycles. The second kappa shape index (κ2) is 5.95. The van der Waals surface area contributed by atoms with E-state index in [-0.39, 0.29) is 11.7 Å². The van der Waals surface area contributed by atoms with E-state index in [4.69, 9.17) is 5.21 Å². The van der Waals surface area contributed by atoms with Gasteiger partial charge < -0.3 is 10.5 Å². The summed E-state index contributed by atoms with van der Waals surface area (Å²) in [6, 6.07) is 5.92. The van der Waals surface area contributed by atoms with E-state index in [0.717, 1.165) is 0 Å². The Morgan fingerprint density at radius 3 is 2.11 bits per heavy atom. The van der Waals surface area contributed by atoms with E-state index in [1.807, 2.05) is 26.3 Å². The second-order valence-corrected chi connectivity index (χ2v) is 5.50. The van der Waals surface area contributed by atoms with Crippen LogP contribution in [0, 0.1) is 5.41 Å². The maximum Gasteiger partial charge on any atom is 0.229 e. The maximum absolute atomic E-state index is 11.8. The van der Waals surface area contributed by atoms with Crippen LogP contribution in [0.4, 0.5) is 5.69 Å². The third-order valence-electron chi connectivity index (χ3n) is 2.70. The summed E-state index contributed by atoms with van der Waals surface area (Å²) in [5.41, 5.74) is 2.56. The summed E-state index contributed by atoms with van der Waals surface area (Å²) in [6.45, 7) is 7.05. The molecule has 0 aliphatic heterocycles. The molecule has 0 saturated carbocycles. The molecular weight excluding hydrogens is 244 g/mol. The molecule has 0 spiro atoms. The lowest BCUT2D eigenvalue weighted by Gasteiger charge is -2.17. The Bertz CT molecular complexity index is 461. The van der Waals surface area contributed by atoms with Crippen LogP contribution in [-0.2, 0) is 4.79 Å². The second-order valence-electron chi connectivity index (χ2n) is 5.50. The molecule has 0 radical (unpaired) electrons. The van der Waals surface area contributed by atoms with Crippen LogP contribution in [0.1, 0.15) is 38.1 Å². The van der Waals surface area contributed by atoms with Crippen molar-refractivity contribution in [3.05, 3.63) is 29.8 Å². The predicted octanol–water partition coefficient (Wildman–Crippen LogP) is 2.22. The van der Waals surface area contributed by atoms with Gasteiger partial charge in [-0.25, -0.2) is 0 Å². The number of hydrogen-bond acceptors (Lipinski definition) is 4. The van der Waals surface area contributed by atoms with Crippen LogP contribution in [0.5, 0.6) is 0 Å². The highest BCUT2D eigenvalue weighted by Crippen LogP contribution is 2.18. The average molecular weight is 264 g/mol. The Morgan fingerprint density at radius 1 is 1.16 bits per heavy atom. The van der Waals surface area contributed by atoms with Gasteiger partial charge in [0.05, 0.1) is 6.04 Å². The van der Waals surface area contributed by atoms with Crippen molar-refractivity contribution in [2.45, 2.75) is 33.7 Å². The molecule has 0 heterocycles. The van der Waals surface area contributed by atoms with Crippen molar-refractivity contribution >= 4 is 17.4 Å². The Labute approximate surface area is 113 Å². The largest absolute Gasteiger partial charge is 0.326 e. The normalized spacial score (nSPS) is 12.9. The van der Waals surface area contributed by atoms with Gasteiger partial charge in [-0.05, 0) is 31.2 Å². The minimum atomic E-state index is -0.657. The summed E-state index contributed by atoms with van der Waals surface area (Å²) in [7, 11) is 0. The number of hydroxylamine groups is 1. The van der Waals surface area contributed by atoms with Crippen LogP contribution in [0.3, 0.4) is 0 Å². The highest BCUT2D eigenvalue weighted by molar-refractivity contribution is 6.00. The molecule has 1 aromatic rings. The number of anilines is 1. The van der Waals surface area contributed by atoms with Crippen molar-refractivity contribution in [2.24, 2.45) is 5.41 Å². The first-order valence-corrected chi connectivity index (χ1v) is 6.11. The number of nitrogens with one attached hydrogen (secondary N) is 2. The van der Waals surface area contributed by atoms with E-state index >= 15 is 0 Å². The van der Waals surface area contributed by atoms with E-state index in [9.17, 15) is 9.59 Å². The molecule has 0 aliphatic rings. The van der Waals surface area contributed by atoms with Crippen LogP contribution in [-0.4, -0.2) is 22.9 Å². The lowest BCUT2D eigenvalue weighted by molar-refractivity contribution is -0.123. The zero-order valence-corrected chi connectivity index (χ0v) is 11.7. The highest BCUT2D eigenvalue weighted by atomic mass is 16.5. The number of benzene rings is 1. The number of hydrogen-bond donors (Lipinski definition) is 3. The van der Waals surface area contributed by atoms with Gasteiger partial charge >= 0.3 is 0 Å². The standard InChI is InChI=1S/C14H20N2O3/c1-9(16-19)12(17)10-5-7-11(8-6-10)15-13(18)14(2,3)4/h5-9,16,19H,1-4H3,(H,15,18). The number of carbonyl (C=O) groups excluding carboxylic acids is 2. The third kappa shape index (κ3) is 4.15. The molecule has 104 valence electrons. The van der Waals surface area contributed by atoms with Crippen LogP contribution in [0.25, 0.3) is 0 Å². The molecule has 1 unspecified atom stereocenters. The molecule has 5 heteroatoms. The number of carbonyl (C=O) groups is 2. The highest BCUT2D eigenvalue weighted by Gasteiger charge is 2.21. The van der Waals surface area contributed by atoms with Gasteiger partial charge in [-0.1, -0.05) is 20.8 Å². The molecule has 0 bridgehead atoms. The van der Waals surface area contributed by atoms with Gasteiger partial charge in [0.15, 0.2) is 5.78 Å². The Kier molecular flexibility index (Phi) is 4.80. The fourth-order valence-electron chi connectivity index (χ4n) is 1.35. The topological polar surface area (TPSA) is 78.4 Å². The zero-order chi connectivity index (χ0) is 14.6. The monoisotopic (exact) mass is 264 g/mol. The van der Waals surface area contributed by atoms with E-state index in [1.54, 1.807) is 31.2 Å². The van der Waals surface area contributed by atoms with E-state index in [1.165, 1.54) is 0 Å². The van der Waals surface area contributed by atoms with Gasteiger partial charge in [-0.3, -0.25) is 9.59 Å². The quantitative estimate of drug-likeness (QED) is 0.575. The van der Waals surface area contributed by atoms with Gasteiger partial charge in [0.25, 0.3) is 0 Å². The molecule has 1 atom stereocenters. The van der Waals surface area contributed by atoms with E-state index in [0.29, 0.717) is 11.3 Å². The molecule has 0 fully saturated rings. The molecule has 3 N–H and O–H groups in total. The van der Waals surface area contributed by atoms with E-state index < -0.39 is 11.5 Å². The molecule has 1 rings (SSSR count). The lowest BCUT2D eigenvalue weighted by Crippen LogP contribution is -2.31. The number of rotatable bonds is 4. The average Bonchev–Trinajstić information content (AvgIpc) is 2.36. The van der Waals surface area contributed by atoms with Crippen molar-refractivity contribution in [2.75, 3.05) is 5.32 Å². The SMILES string of the molecule is CC(NO)C(=O)c1ccc(NC(=O)C(C)(C)C)cc1. The van der Waals surface area contributed by atoms with E-state index in [2.05, 4.69) is 5.32 Å². The van der Waals surface area contributed by atoms with Crippen LogP contribution < -0.4 is 10.8 Å². The van der Waals surface area contributed by atoms with Crippen molar-refractivity contribution in [3.63, 3.8) is 0 Å². The number of ketones is 1. The lowest BCUT2D eigenvalue weighted by atomic mass is 9.95. The Balaban J connectivity index is 2.78. The molecule has 19 heavy (non-hydrogen) atoms. The van der Waals surface area contributed by atoms with Gasteiger partial charge in [0.1, 0.15) is 0 Å². The molecule has 5 nitrogen and oxygen atoms in total. The zero-order valence-electron chi connectivity index (χ0n) is 11.7. The van der Waals surface area contributed by atoms with Gasteiger partial charge in [0.2, 0.25) is 5.91 Å². The first kappa shape index (κ1) is 15.3. The summed E-state index contributed by atoms with van der Waals surface area (Å²) >= 11 is 0. The van der Waals surface area contributed by atoms with Gasteiger partial charge in [-0.2, -0.15) is 5.48 Å². The van der Waals surface area contributed by atoms with Crippen molar-refractivity contribution in [1.29, 1.82) is 0 Å². The number of amides is 1. The van der Waals surface area contributed by atoms with Crippen LogP contribution in [0.15, 0.2) is 24.3 Å². The molecule has 0 aliphatic carbocycles. The summed E-state index contributed by atoms with van der Waals surface area (Å²) in [4.78, 5) is 23.5. The van der Waals surface area contributed by atoms with Crippen LogP contribution >= 0.6 is 0 Å².